The summed E-state index contributed by atoms with van der Waals surface area (Å²) in [6, 6.07) is -0.247. The average molecular weight is 384 g/mol. The second kappa shape index (κ2) is 6.43. The largest absolute Gasteiger partial charge is 0.491 e. The van der Waals surface area contributed by atoms with Gasteiger partial charge >= 0.3 is 5.97 Å². The highest BCUT2D eigenvalue weighted by Gasteiger charge is 2.56. The van der Waals surface area contributed by atoms with E-state index in [0.717, 1.165) is 0 Å². The number of rotatable bonds is 6. The predicted octanol–water partition coefficient (Wildman–Crippen LogP) is 1.15. The Morgan fingerprint density at radius 2 is 1.96 bits per heavy atom. The second-order valence-corrected chi connectivity index (χ2v) is 7.52. The Bertz CT molecular complexity index is 753. The van der Waals surface area contributed by atoms with Crippen LogP contribution in [0.1, 0.15) is 25.5 Å². The Balaban J connectivity index is 1.62. The number of ether oxygens (including phenoxy) is 1. The minimum absolute atomic E-state index is 0.0430. The van der Waals surface area contributed by atoms with Crippen LogP contribution in [0.5, 0.6) is 5.75 Å². The maximum Gasteiger partial charge on any atom is 0.303 e. The molecule has 1 aliphatic carbocycles. The van der Waals surface area contributed by atoms with E-state index in [4.69, 9.17) is 9.84 Å². The molecule has 5 atom stereocenters. The van der Waals surface area contributed by atoms with Gasteiger partial charge in [0.05, 0.1) is 19.3 Å². The fourth-order valence-electron chi connectivity index (χ4n) is 4.31. The van der Waals surface area contributed by atoms with Gasteiger partial charge in [0.2, 0.25) is 5.95 Å². The van der Waals surface area contributed by atoms with Crippen LogP contribution in [0.25, 0.3) is 0 Å². The first-order chi connectivity index (χ1) is 12.8. The third kappa shape index (κ3) is 2.95. The lowest BCUT2D eigenvalue weighted by atomic mass is 10.0. The van der Waals surface area contributed by atoms with Crippen molar-refractivity contribution in [2.45, 2.75) is 31.9 Å². The maximum atomic E-state index is 13.6. The van der Waals surface area contributed by atoms with Crippen LogP contribution in [-0.4, -0.2) is 65.0 Å². The van der Waals surface area contributed by atoms with Crippen LogP contribution >= 0.6 is 0 Å². The molecular formula is C17H22F2N4O4. The number of methoxy groups -OCH3 is 1. The molecule has 1 unspecified atom stereocenters. The molecule has 1 aromatic heterocycles. The number of alkyl halides is 2. The van der Waals surface area contributed by atoms with Gasteiger partial charge in [-0.1, -0.05) is 0 Å². The molecule has 0 bridgehead atoms. The molecule has 148 valence electrons. The molecule has 0 spiro atoms. The highest BCUT2D eigenvalue weighted by Crippen LogP contribution is 2.55. The zero-order valence-electron chi connectivity index (χ0n) is 15.0. The topological polar surface area (TPSA) is 99.0 Å². The fraction of sp³-hybridized carbons (Fsp3) is 0.706. The van der Waals surface area contributed by atoms with Crippen molar-refractivity contribution in [2.75, 3.05) is 36.5 Å². The van der Waals surface area contributed by atoms with Crippen LogP contribution in [0.4, 0.5) is 20.5 Å². The molecule has 2 aliphatic heterocycles. The van der Waals surface area contributed by atoms with E-state index in [-0.39, 0.29) is 41.9 Å². The van der Waals surface area contributed by atoms with E-state index < -0.39 is 24.2 Å². The van der Waals surface area contributed by atoms with E-state index in [2.05, 4.69) is 9.97 Å². The molecule has 8 nitrogen and oxygen atoms in total. The van der Waals surface area contributed by atoms with E-state index in [9.17, 15) is 18.7 Å². The number of carbonyl (C=O) groups is 1. The van der Waals surface area contributed by atoms with Gasteiger partial charge in [-0.3, -0.25) is 4.79 Å². The summed E-state index contributed by atoms with van der Waals surface area (Å²) in [5, 5.41) is 18.7. The number of aromatic nitrogens is 2. The minimum Gasteiger partial charge on any atom is -0.491 e. The summed E-state index contributed by atoms with van der Waals surface area (Å²) < 4.78 is 32.4. The van der Waals surface area contributed by atoms with Crippen LogP contribution in [0.15, 0.2) is 0 Å². The summed E-state index contributed by atoms with van der Waals surface area (Å²) in [6.07, 6.45) is -3.22. The quantitative estimate of drug-likeness (QED) is 0.754. The molecule has 1 aromatic rings. The van der Waals surface area contributed by atoms with Crippen molar-refractivity contribution in [1.82, 2.24) is 9.97 Å². The molecular weight excluding hydrogens is 362 g/mol. The number of hydrogen-bond acceptors (Lipinski definition) is 7. The predicted molar refractivity (Wildman–Crippen MR) is 91.3 cm³/mol. The van der Waals surface area contributed by atoms with Gasteiger partial charge in [0.25, 0.3) is 6.43 Å². The first kappa shape index (κ1) is 18.1. The van der Waals surface area contributed by atoms with Gasteiger partial charge in [0, 0.05) is 26.1 Å². The summed E-state index contributed by atoms with van der Waals surface area (Å²) in [7, 11) is 1.31. The number of aliphatic hydroxyl groups excluding tert-OH is 1. The van der Waals surface area contributed by atoms with Gasteiger partial charge in [-0.25, -0.2) is 13.8 Å². The van der Waals surface area contributed by atoms with E-state index in [1.807, 2.05) is 4.90 Å². The first-order valence-electron chi connectivity index (χ1n) is 8.97. The normalized spacial score (nSPS) is 31.7. The highest BCUT2D eigenvalue weighted by atomic mass is 19.3. The Morgan fingerprint density at radius 3 is 2.44 bits per heavy atom. The fourth-order valence-corrected chi connectivity index (χ4v) is 4.31. The Hall–Kier alpha value is -2.23. The lowest BCUT2D eigenvalue weighted by Crippen LogP contribution is -2.59. The van der Waals surface area contributed by atoms with Crippen molar-refractivity contribution in [2.24, 2.45) is 17.8 Å². The van der Waals surface area contributed by atoms with Crippen molar-refractivity contribution < 1.29 is 28.5 Å². The number of hydrogen-bond donors (Lipinski definition) is 2. The number of aliphatic hydroxyl groups is 1. The van der Waals surface area contributed by atoms with Crippen molar-refractivity contribution in [3.63, 3.8) is 0 Å². The second-order valence-electron chi connectivity index (χ2n) is 7.52. The summed E-state index contributed by atoms with van der Waals surface area (Å²) in [5.74, 6) is 0.236. The number of carboxylic acid groups (broad SMARTS) is 1. The SMILES string of the molecule is COc1c(C(F)F)nc(N2C[C@@H](O)[C@@H]2C)nc1N1C[C@@H]2C(CC(=O)O)[C@@H]2C1. The zero-order chi connectivity index (χ0) is 19.5. The number of piperidine rings is 1. The molecule has 0 amide bonds. The standard InChI is InChI=1S/C17H22F2N4O4/c1-7-11(24)6-23(7)17-20-13(15(18)19)14(27-2)16(21-17)22-4-9-8(3-12(25)26)10(9)5-22/h7-11,15,24H,3-6H2,1-2H3,(H,25,26)/t7-,8?,9-,10+,11+/m0/s1. The van der Waals surface area contributed by atoms with E-state index >= 15 is 0 Å². The monoisotopic (exact) mass is 384 g/mol. The third-order valence-corrected chi connectivity index (χ3v) is 6.04. The molecule has 2 saturated heterocycles. The van der Waals surface area contributed by atoms with Gasteiger partial charge in [0.1, 0.15) is 0 Å². The Labute approximate surface area is 154 Å². The van der Waals surface area contributed by atoms with Crippen LogP contribution < -0.4 is 14.5 Å². The Kier molecular flexibility index (Phi) is 4.32. The lowest BCUT2D eigenvalue weighted by molar-refractivity contribution is -0.137. The number of aliphatic carboxylic acids is 1. The van der Waals surface area contributed by atoms with Crippen LogP contribution in [0.2, 0.25) is 0 Å². The van der Waals surface area contributed by atoms with Gasteiger partial charge in [-0.15, -0.1) is 0 Å². The molecule has 1 saturated carbocycles. The molecule has 3 fully saturated rings. The molecule has 0 aromatic carbocycles. The number of anilines is 2. The lowest BCUT2D eigenvalue weighted by Gasteiger charge is -2.43. The summed E-state index contributed by atoms with van der Waals surface area (Å²) in [6.45, 7) is 3.21. The van der Waals surface area contributed by atoms with Crippen molar-refractivity contribution in [1.29, 1.82) is 0 Å². The highest BCUT2D eigenvalue weighted by molar-refractivity contribution is 5.68. The number of fused-ring (bicyclic) bond motifs is 1. The van der Waals surface area contributed by atoms with Crippen LogP contribution in [0.3, 0.4) is 0 Å². The first-order valence-corrected chi connectivity index (χ1v) is 8.97. The third-order valence-electron chi connectivity index (χ3n) is 6.04. The van der Waals surface area contributed by atoms with Crippen molar-refractivity contribution in [3.8, 4) is 5.75 Å². The van der Waals surface area contributed by atoms with Crippen molar-refractivity contribution in [3.05, 3.63) is 5.69 Å². The number of halogens is 2. The number of nitrogens with zero attached hydrogens (tertiary/aromatic N) is 4. The van der Waals surface area contributed by atoms with Gasteiger partial charge in [-0.2, -0.15) is 4.98 Å². The molecule has 10 heteroatoms. The minimum atomic E-state index is -2.82. The molecule has 0 radical (unpaired) electrons. The maximum absolute atomic E-state index is 13.6. The molecule has 4 rings (SSSR count). The molecule has 2 N–H and O–H groups in total. The van der Waals surface area contributed by atoms with E-state index in [1.165, 1.54) is 7.11 Å². The average Bonchev–Trinajstić information content (AvgIpc) is 3.06. The molecule has 3 aliphatic rings. The van der Waals surface area contributed by atoms with Crippen LogP contribution in [-0.2, 0) is 4.79 Å². The number of carboxylic acids is 1. The number of β-amino-alcohol motifs (C(OH)–C–C–N with tert-alkyl or cyclic N) is 1. The van der Waals surface area contributed by atoms with Gasteiger partial charge < -0.3 is 24.7 Å². The smallest absolute Gasteiger partial charge is 0.303 e. The molecule has 3 heterocycles. The van der Waals surface area contributed by atoms with E-state index in [1.54, 1.807) is 11.8 Å². The zero-order valence-corrected chi connectivity index (χ0v) is 15.0. The van der Waals surface area contributed by atoms with E-state index in [0.29, 0.717) is 25.5 Å². The van der Waals surface area contributed by atoms with Crippen LogP contribution in [0, 0.1) is 17.8 Å². The Morgan fingerprint density at radius 1 is 1.30 bits per heavy atom. The molecule has 27 heavy (non-hydrogen) atoms. The summed E-state index contributed by atoms with van der Waals surface area (Å²) >= 11 is 0. The van der Waals surface area contributed by atoms with Crippen molar-refractivity contribution >= 4 is 17.7 Å². The van der Waals surface area contributed by atoms with Gasteiger partial charge in [0.15, 0.2) is 17.3 Å². The summed E-state index contributed by atoms with van der Waals surface area (Å²) in [5.41, 5.74) is -0.464. The summed E-state index contributed by atoms with van der Waals surface area (Å²) in [4.78, 5) is 22.9. The van der Waals surface area contributed by atoms with Gasteiger partial charge in [-0.05, 0) is 24.7 Å².